The Morgan fingerprint density at radius 3 is 2.69 bits per heavy atom. The molecule has 1 saturated carbocycles. The molecule has 1 N–H and O–H groups in total. The second-order valence-corrected chi connectivity index (χ2v) is 10.2. The first kappa shape index (κ1) is 24.4. The number of nitrogens with one attached hydrogen (secondary N) is 1. The van der Waals surface area contributed by atoms with Crippen molar-refractivity contribution in [1.82, 2.24) is 14.9 Å². The highest BCUT2D eigenvalue weighted by atomic mass is 35.5. The van der Waals surface area contributed by atoms with Gasteiger partial charge in [0.25, 0.3) is 11.5 Å². The number of ether oxygens (including phenoxy) is 1. The Kier molecular flexibility index (Phi) is 7.30. The number of hydrogen-bond acceptors (Lipinski definition) is 5. The molecule has 184 valence electrons. The third-order valence-corrected chi connectivity index (χ3v) is 7.60. The number of aromatic nitrogens is 2. The molecule has 5 rings (SSSR count). The minimum absolute atomic E-state index is 0.129. The number of amides is 1. The molecule has 6 nitrogen and oxygen atoms in total. The van der Waals surface area contributed by atoms with E-state index in [1.54, 1.807) is 29.9 Å². The van der Waals surface area contributed by atoms with Crippen molar-refractivity contribution >= 4 is 40.2 Å². The molecule has 0 aliphatic heterocycles. The summed E-state index contributed by atoms with van der Waals surface area (Å²) in [4.78, 5) is 31.4. The Morgan fingerprint density at radius 1 is 1.11 bits per heavy atom. The standard InChI is InChI=1S/C28H26ClN3O3S/c1-35-23-11-5-10-22(16-23)32-27(34)24-13-12-19(26(33)30-21-8-2-3-9-21)15-25(24)31-28(32)36-17-18-6-4-7-20(29)14-18/h4-7,10-16,21H,2-3,8-9,17H2,1H3,(H,30,33). The van der Waals surface area contributed by atoms with Crippen molar-refractivity contribution in [2.45, 2.75) is 42.6 Å². The molecule has 4 aromatic rings. The molecule has 3 aromatic carbocycles. The van der Waals surface area contributed by atoms with Crippen molar-refractivity contribution in [3.63, 3.8) is 0 Å². The predicted molar refractivity (Wildman–Crippen MR) is 145 cm³/mol. The minimum Gasteiger partial charge on any atom is -0.497 e. The van der Waals surface area contributed by atoms with E-state index in [1.165, 1.54) is 11.8 Å². The fraction of sp³-hybridized carbons (Fsp3) is 0.250. The van der Waals surface area contributed by atoms with Crippen LogP contribution in [0.5, 0.6) is 5.75 Å². The van der Waals surface area contributed by atoms with E-state index in [0.717, 1.165) is 31.2 Å². The lowest BCUT2D eigenvalue weighted by molar-refractivity contribution is 0.0938. The van der Waals surface area contributed by atoms with Gasteiger partial charge in [-0.15, -0.1) is 0 Å². The highest BCUT2D eigenvalue weighted by molar-refractivity contribution is 7.98. The number of rotatable bonds is 7. The number of benzene rings is 3. The summed E-state index contributed by atoms with van der Waals surface area (Å²) in [5.74, 6) is 1.09. The van der Waals surface area contributed by atoms with Gasteiger partial charge in [-0.3, -0.25) is 14.2 Å². The molecule has 1 fully saturated rings. The summed E-state index contributed by atoms with van der Waals surface area (Å²) in [7, 11) is 1.59. The zero-order chi connectivity index (χ0) is 25.1. The Bertz CT molecular complexity index is 1480. The number of carbonyl (C=O) groups excluding carboxylic acids is 1. The van der Waals surface area contributed by atoms with Crippen molar-refractivity contribution in [3.8, 4) is 11.4 Å². The van der Waals surface area contributed by atoms with Gasteiger partial charge in [-0.2, -0.15) is 0 Å². The van der Waals surface area contributed by atoms with E-state index in [9.17, 15) is 9.59 Å². The molecular formula is C28H26ClN3O3S. The Morgan fingerprint density at radius 2 is 1.92 bits per heavy atom. The molecule has 1 heterocycles. The van der Waals surface area contributed by atoms with Crippen LogP contribution in [0, 0.1) is 0 Å². The van der Waals surface area contributed by atoms with Crippen LogP contribution in [0.15, 0.2) is 76.7 Å². The van der Waals surface area contributed by atoms with E-state index in [1.807, 2.05) is 48.5 Å². The number of thioether (sulfide) groups is 1. The van der Waals surface area contributed by atoms with Gasteiger partial charge in [0.05, 0.1) is 23.7 Å². The summed E-state index contributed by atoms with van der Waals surface area (Å²) in [6.07, 6.45) is 4.29. The molecule has 0 saturated heterocycles. The predicted octanol–water partition coefficient (Wildman–Crippen LogP) is 6.01. The summed E-state index contributed by atoms with van der Waals surface area (Å²) < 4.78 is 6.98. The third-order valence-electron chi connectivity index (χ3n) is 6.36. The monoisotopic (exact) mass is 519 g/mol. The van der Waals surface area contributed by atoms with Gasteiger partial charge in [-0.25, -0.2) is 4.98 Å². The summed E-state index contributed by atoms with van der Waals surface area (Å²) in [6.45, 7) is 0. The lowest BCUT2D eigenvalue weighted by atomic mass is 10.1. The summed E-state index contributed by atoms with van der Waals surface area (Å²) in [6, 6.07) is 20.3. The molecule has 0 bridgehead atoms. The Labute approximate surface area is 218 Å². The van der Waals surface area contributed by atoms with Gasteiger partial charge in [0.15, 0.2) is 5.16 Å². The molecule has 0 unspecified atom stereocenters. The van der Waals surface area contributed by atoms with Gasteiger partial charge in [0.2, 0.25) is 0 Å². The SMILES string of the molecule is COc1cccc(-n2c(SCc3cccc(Cl)c3)nc3cc(C(=O)NC4CCCC4)ccc3c2=O)c1. The maximum atomic E-state index is 13.7. The Balaban J connectivity index is 1.57. The van der Waals surface area contributed by atoms with Crippen molar-refractivity contribution in [2.24, 2.45) is 0 Å². The van der Waals surface area contributed by atoms with Crippen LogP contribution in [-0.2, 0) is 5.75 Å². The molecule has 0 spiro atoms. The molecule has 0 atom stereocenters. The first-order valence-electron chi connectivity index (χ1n) is 11.9. The van der Waals surface area contributed by atoms with Crippen LogP contribution < -0.4 is 15.6 Å². The molecule has 36 heavy (non-hydrogen) atoms. The highest BCUT2D eigenvalue weighted by Gasteiger charge is 2.20. The number of halogens is 1. The lowest BCUT2D eigenvalue weighted by Gasteiger charge is -2.15. The van der Waals surface area contributed by atoms with Gasteiger partial charge >= 0.3 is 0 Å². The van der Waals surface area contributed by atoms with Crippen molar-refractivity contribution in [1.29, 1.82) is 0 Å². The summed E-state index contributed by atoms with van der Waals surface area (Å²) in [5.41, 5.74) is 2.47. The zero-order valence-electron chi connectivity index (χ0n) is 19.9. The van der Waals surface area contributed by atoms with Gasteiger partial charge in [0.1, 0.15) is 5.75 Å². The largest absolute Gasteiger partial charge is 0.497 e. The van der Waals surface area contributed by atoms with Crippen LogP contribution in [0.25, 0.3) is 16.6 Å². The summed E-state index contributed by atoms with van der Waals surface area (Å²) in [5, 5.41) is 4.73. The van der Waals surface area contributed by atoms with Crippen LogP contribution in [0.2, 0.25) is 5.02 Å². The maximum absolute atomic E-state index is 13.7. The number of carbonyl (C=O) groups is 1. The van der Waals surface area contributed by atoms with Crippen LogP contribution in [0.3, 0.4) is 0 Å². The van der Waals surface area contributed by atoms with Crippen LogP contribution in [0.1, 0.15) is 41.6 Å². The lowest BCUT2D eigenvalue weighted by Crippen LogP contribution is -2.32. The first-order chi connectivity index (χ1) is 17.5. The molecule has 8 heteroatoms. The normalized spacial score (nSPS) is 13.7. The highest BCUT2D eigenvalue weighted by Crippen LogP contribution is 2.27. The van der Waals surface area contributed by atoms with E-state index < -0.39 is 0 Å². The smallest absolute Gasteiger partial charge is 0.266 e. The van der Waals surface area contributed by atoms with Crippen LogP contribution in [0.4, 0.5) is 0 Å². The quantitative estimate of drug-likeness (QED) is 0.239. The Hall–Kier alpha value is -3.29. The van der Waals surface area contributed by atoms with Crippen molar-refractivity contribution < 1.29 is 9.53 Å². The average molecular weight is 520 g/mol. The first-order valence-corrected chi connectivity index (χ1v) is 13.3. The second kappa shape index (κ2) is 10.8. The van der Waals surface area contributed by atoms with E-state index in [0.29, 0.717) is 43.8 Å². The summed E-state index contributed by atoms with van der Waals surface area (Å²) >= 11 is 7.60. The topological polar surface area (TPSA) is 73.2 Å². The number of nitrogens with zero attached hydrogens (tertiary/aromatic N) is 2. The van der Waals surface area contributed by atoms with Gasteiger partial charge in [-0.05, 0) is 60.9 Å². The molecule has 1 aromatic heterocycles. The molecule has 1 amide bonds. The van der Waals surface area contributed by atoms with Crippen LogP contribution in [-0.4, -0.2) is 28.6 Å². The number of methoxy groups -OCH3 is 1. The van der Waals surface area contributed by atoms with Crippen molar-refractivity contribution in [3.05, 3.63) is 93.2 Å². The molecule has 1 aliphatic carbocycles. The second-order valence-electron chi connectivity index (χ2n) is 8.84. The van der Waals surface area contributed by atoms with Crippen LogP contribution >= 0.6 is 23.4 Å². The van der Waals surface area contributed by atoms with Crippen molar-refractivity contribution in [2.75, 3.05) is 7.11 Å². The van der Waals surface area contributed by atoms with E-state index in [-0.39, 0.29) is 17.5 Å². The molecule has 0 radical (unpaired) electrons. The van der Waals surface area contributed by atoms with Gasteiger partial charge in [-0.1, -0.05) is 54.4 Å². The van der Waals surface area contributed by atoms with E-state index in [4.69, 9.17) is 21.3 Å². The van der Waals surface area contributed by atoms with E-state index in [2.05, 4.69) is 5.32 Å². The van der Waals surface area contributed by atoms with Gasteiger partial charge in [0, 0.05) is 28.4 Å². The van der Waals surface area contributed by atoms with Gasteiger partial charge < -0.3 is 10.1 Å². The fourth-order valence-corrected chi connectivity index (χ4v) is 5.66. The van der Waals surface area contributed by atoms with E-state index >= 15 is 0 Å². The number of hydrogen-bond donors (Lipinski definition) is 1. The fourth-order valence-electron chi connectivity index (χ4n) is 4.49. The third kappa shape index (κ3) is 5.27. The average Bonchev–Trinajstić information content (AvgIpc) is 3.40. The number of fused-ring (bicyclic) bond motifs is 1. The molecule has 1 aliphatic rings. The zero-order valence-corrected chi connectivity index (χ0v) is 21.4. The molecular weight excluding hydrogens is 494 g/mol. The maximum Gasteiger partial charge on any atom is 0.266 e. The minimum atomic E-state index is -0.204.